The minimum atomic E-state index is -3.83. The van der Waals surface area contributed by atoms with Crippen LogP contribution in [-0.4, -0.2) is 44.5 Å². The third kappa shape index (κ3) is 4.93. The number of anilines is 1. The molecule has 1 fully saturated rings. The van der Waals surface area contributed by atoms with E-state index in [1.54, 1.807) is 36.4 Å². The number of carbonyl (C=O) groups excluding carboxylic acids is 1. The van der Waals surface area contributed by atoms with Gasteiger partial charge in [0.1, 0.15) is 5.75 Å². The molecule has 1 amide bonds. The molecule has 1 saturated heterocycles. The Morgan fingerprint density at radius 2 is 1.71 bits per heavy atom. The number of methoxy groups -OCH3 is 1. The molecule has 2 atom stereocenters. The number of aryl methyl sites for hydroxylation is 1. The van der Waals surface area contributed by atoms with Crippen molar-refractivity contribution in [2.45, 2.75) is 37.1 Å². The number of aromatic nitrogens is 1. The lowest BCUT2D eigenvalue weighted by Gasteiger charge is -2.31. The van der Waals surface area contributed by atoms with E-state index in [9.17, 15) is 13.2 Å². The van der Waals surface area contributed by atoms with E-state index in [1.807, 2.05) is 24.2 Å². The zero-order valence-corrected chi connectivity index (χ0v) is 21.5. The van der Waals surface area contributed by atoms with Gasteiger partial charge in [0.15, 0.2) is 0 Å². The van der Waals surface area contributed by atoms with E-state index in [0.29, 0.717) is 29.5 Å². The molecule has 0 N–H and O–H groups in total. The van der Waals surface area contributed by atoms with Gasteiger partial charge in [-0.1, -0.05) is 19.1 Å². The van der Waals surface area contributed by atoms with Crippen molar-refractivity contribution >= 4 is 21.6 Å². The van der Waals surface area contributed by atoms with Crippen molar-refractivity contribution in [2.24, 2.45) is 13.0 Å². The Hall–Kier alpha value is -3.26. The molecule has 0 bridgehead atoms. The summed E-state index contributed by atoms with van der Waals surface area (Å²) in [5, 5.41) is 0. The molecule has 7 nitrogen and oxygen atoms in total. The number of nitrogens with zero attached hydrogens (tertiary/aromatic N) is 3. The molecule has 8 heteroatoms. The first kappa shape index (κ1) is 24.9. The number of hydrogen-bond donors (Lipinski definition) is 0. The summed E-state index contributed by atoms with van der Waals surface area (Å²) >= 11 is 0. The normalized spacial score (nSPS) is 18.7. The first-order valence-electron chi connectivity index (χ1n) is 11.9. The molecule has 3 aromatic rings. The van der Waals surface area contributed by atoms with Gasteiger partial charge in [-0.15, -0.1) is 0 Å². The standard InChI is InChI=1S/C27H33N3O4S/c1-20-11-16-24(23-9-7-18-28(23)2)30(19-17-20)27(31)21-12-14-22(15-13-21)35(32,33)29(3)25-8-5-6-10-26(25)34-4/h5-10,12-15,18,20,24H,11,16-17,19H2,1-4H3/t20-,24-/m0/s1. The summed E-state index contributed by atoms with van der Waals surface area (Å²) < 4.78 is 35.2. The van der Waals surface area contributed by atoms with Crippen LogP contribution >= 0.6 is 0 Å². The summed E-state index contributed by atoms with van der Waals surface area (Å²) in [7, 11) is 1.17. The van der Waals surface area contributed by atoms with Crippen LogP contribution in [0.1, 0.15) is 48.3 Å². The van der Waals surface area contributed by atoms with Crippen LogP contribution in [0.15, 0.2) is 71.8 Å². The zero-order valence-electron chi connectivity index (χ0n) is 20.7. The first-order valence-corrected chi connectivity index (χ1v) is 13.3. The number of rotatable bonds is 6. The fourth-order valence-electron chi connectivity index (χ4n) is 4.74. The second-order valence-electron chi connectivity index (χ2n) is 9.20. The lowest BCUT2D eigenvalue weighted by molar-refractivity contribution is 0.0673. The highest BCUT2D eigenvalue weighted by Gasteiger charge is 2.31. The fraction of sp³-hybridized carbons (Fsp3) is 0.370. The molecule has 0 saturated carbocycles. The summed E-state index contributed by atoms with van der Waals surface area (Å²) in [4.78, 5) is 15.7. The van der Waals surface area contributed by atoms with Crippen LogP contribution in [0.25, 0.3) is 0 Å². The van der Waals surface area contributed by atoms with Crippen LogP contribution < -0.4 is 9.04 Å². The van der Waals surface area contributed by atoms with Crippen molar-refractivity contribution in [1.82, 2.24) is 9.47 Å². The van der Waals surface area contributed by atoms with Gasteiger partial charge in [-0.3, -0.25) is 9.10 Å². The highest BCUT2D eigenvalue weighted by atomic mass is 32.2. The maximum atomic E-state index is 13.6. The summed E-state index contributed by atoms with van der Waals surface area (Å²) in [6.07, 6.45) is 4.92. The molecule has 35 heavy (non-hydrogen) atoms. The molecule has 2 aromatic carbocycles. The second kappa shape index (κ2) is 10.2. The van der Waals surface area contributed by atoms with E-state index in [4.69, 9.17) is 4.74 Å². The van der Waals surface area contributed by atoms with Gasteiger partial charge in [-0.2, -0.15) is 0 Å². The molecule has 0 aliphatic carbocycles. The van der Waals surface area contributed by atoms with Crippen LogP contribution in [0.4, 0.5) is 5.69 Å². The number of likely N-dealkylation sites (tertiary alicyclic amines) is 1. The van der Waals surface area contributed by atoms with Gasteiger partial charge in [0.05, 0.1) is 23.7 Å². The summed E-state index contributed by atoms with van der Waals surface area (Å²) in [6.45, 7) is 2.90. The van der Waals surface area contributed by atoms with Crippen LogP contribution in [-0.2, 0) is 17.1 Å². The summed E-state index contributed by atoms with van der Waals surface area (Å²) in [6, 6.07) is 17.3. The van der Waals surface area contributed by atoms with Gasteiger partial charge in [-0.05, 0) is 73.7 Å². The maximum Gasteiger partial charge on any atom is 0.264 e. The lowest BCUT2D eigenvalue weighted by atomic mass is 10.00. The number of benzene rings is 2. The minimum absolute atomic E-state index is 0.00691. The van der Waals surface area contributed by atoms with Crippen molar-refractivity contribution in [1.29, 1.82) is 0 Å². The average Bonchev–Trinajstić information content (AvgIpc) is 3.20. The minimum Gasteiger partial charge on any atom is -0.495 e. The Morgan fingerprint density at radius 3 is 2.37 bits per heavy atom. The van der Waals surface area contributed by atoms with Gasteiger partial charge < -0.3 is 14.2 Å². The number of ether oxygens (including phenoxy) is 1. The van der Waals surface area contributed by atoms with Crippen LogP contribution in [0.5, 0.6) is 5.75 Å². The van der Waals surface area contributed by atoms with E-state index >= 15 is 0 Å². The lowest BCUT2D eigenvalue weighted by Crippen LogP contribution is -2.35. The number of sulfonamides is 1. The van der Waals surface area contributed by atoms with E-state index in [0.717, 1.165) is 25.0 Å². The number of hydrogen-bond acceptors (Lipinski definition) is 4. The largest absolute Gasteiger partial charge is 0.495 e. The molecule has 0 radical (unpaired) electrons. The Morgan fingerprint density at radius 1 is 1.00 bits per heavy atom. The first-order chi connectivity index (χ1) is 16.7. The number of para-hydroxylation sites is 2. The van der Waals surface area contributed by atoms with E-state index in [2.05, 4.69) is 17.6 Å². The Kier molecular flexibility index (Phi) is 7.21. The molecule has 0 spiro atoms. The van der Waals surface area contributed by atoms with Crippen LogP contribution in [0.2, 0.25) is 0 Å². The third-order valence-corrected chi connectivity index (χ3v) is 8.73. The fourth-order valence-corrected chi connectivity index (χ4v) is 5.95. The zero-order chi connectivity index (χ0) is 25.2. The van der Waals surface area contributed by atoms with Crippen molar-refractivity contribution in [3.05, 3.63) is 78.1 Å². The topological polar surface area (TPSA) is 71.8 Å². The highest BCUT2D eigenvalue weighted by Crippen LogP contribution is 2.34. The Balaban J connectivity index is 1.61. The molecular weight excluding hydrogens is 462 g/mol. The molecule has 2 heterocycles. The van der Waals surface area contributed by atoms with Crippen molar-refractivity contribution in [3.63, 3.8) is 0 Å². The molecular formula is C27H33N3O4S. The molecule has 186 valence electrons. The van der Waals surface area contributed by atoms with Gasteiger partial charge >= 0.3 is 0 Å². The number of amides is 1. The second-order valence-corrected chi connectivity index (χ2v) is 11.2. The third-order valence-electron chi connectivity index (χ3n) is 6.94. The van der Waals surface area contributed by atoms with E-state index < -0.39 is 10.0 Å². The molecule has 1 aromatic heterocycles. The molecule has 4 rings (SSSR count). The van der Waals surface area contributed by atoms with Crippen LogP contribution in [0.3, 0.4) is 0 Å². The smallest absolute Gasteiger partial charge is 0.264 e. The summed E-state index contributed by atoms with van der Waals surface area (Å²) in [5.41, 5.74) is 2.04. The SMILES string of the molecule is COc1ccccc1N(C)S(=O)(=O)c1ccc(C(=O)N2CC[C@@H](C)CC[C@H]2c2cccn2C)cc1. The van der Waals surface area contributed by atoms with Crippen molar-refractivity contribution in [3.8, 4) is 5.75 Å². The average molecular weight is 496 g/mol. The van der Waals surface area contributed by atoms with E-state index in [1.165, 1.54) is 30.6 Å². The summed E-state index contributed by atoms with van der Waals surface area (Å²) in [5.74, 6) is 0.938. The van der Waals surface area contributed by atoms with Gasteiger partial charge in [0.2, 0.25) is 0 Å². The van der Waals surface area contributed by atoms with Gasteiger partial charge in [-0.25, -0.2) is 8.42 Å². The molecule has 1 aliphatic rings. The molecule has 0 unspecified atom stereocenters. The Bertz CT molecular complexity index is 1280. The monoisotopic (exact) mass is 495 g/mol. The van der Waals surface area contributed by atoms with E-state index in [-0.39, 0.29) is 16.8 Å². The predicted molar refractivity (Wildman–Crippen MR) is 137 cm³/mol. The highest BCUT2D eigenvalue weighted by molar-refractivity contribution is 7.92. The Labute approximate surface area is 208 Å². The van der Waals surface area contributed by atoms with Gasteiger partial charge in [0, 0.05) is 38.1 Å². The predicted octanol–water partition coefficient (Wildman–Crippen LogP) is 4.86. The van der Waals surface area contributed by atoms with Crippen LogP contribution in [0, 0.1) is 5.92 Å². The van der Waals surface area contributed by atoms with Crippen molar-refractivity contribution in [2.75, 3.05) is 25.0 Å². The maximum absolute atomic E-state index is 13.6. The quantitative estimate of drug-likeness (QED) is 0.490. The molecule has 1 aliphatic heterocycles. The van der Waals surface area contributed by atoms with Crippen molar-refractivity contribution < 1.29 is 17.9 Å². The van der Waals surface area contributed by atoms with Gasteiger partial charge in [0.25, 0.3) is 15.9 Å². The number of carbonyl (C=O) groups is 1.